The number of amides is 1. The molecule has 27 heavy (non-hydrogen) atoms. The molecule has 0 saturated heterocycles. The Bertz CT molecular complexity index is 940. The molecule has 1 aliphatic rings. The first-order valence-corrected chi connectivity index (χ1v) is 9.97. The van der Waals surface area contributed by atoms with Crippen molar-refractivity contribution in [3.8, 4) is 5.69 Å². The van der Waals surface area contributed by atoms with Crippen LogP contribution < -0.4 is 5.32 Å². The van der Waals surface area contributed by atoms with Gasteiger partial charge in [-0.3, -0.25) is 4.79 Å². The SMILES string of the molecule is C[C@@H](Sc1nc(C2CC2)n(-c2ccccc2)n1)C(=O)Nc1ccc(Cl)cn1. The zero-order valence-electron chi connectivity index (χ0n) is 14.7. The van der Waals surface area contributed by atoms with Gasteiger partial charge in [0.1, 0.15) is 11.6 Å². The zero-order chi connectivity index (χ0) is 18.8. The third-order valence-corrected chi connectivity index (χ3v) is 5.36. The van der Waals surface area contributed by atoms with E-state index in [1.54, 1.807) is 12.1 Å². The van der Waals surface area contributed by atoms with E-state index in [9.17, 15) is 4.79 Å². The Labute approximate surface area is 166 Å². The fourth-order valence-electron chi connectivity index (χ4n) is 2.61. The number of thioether (sulfide) groups is 1. The number of para-hydroxylation sites is 1. The van der Waals surface area contributed by atoms with Crippen LogP contribution in [0.5, 0.6) is 0 Å². The fourth-order valence-corrected chi connectivity index (χ4v) is 3.48. The number of benzene rings is 1. The Morgan fingerprint density at radius 2 is 2.04 bits per heavy atom. The van der Waals surface area contributed by atoms with Crippen LogP contribution in [-0.4, -0.2) is 30.9 Å². The van der Waals surface area contributed by atoms with Crippen molar-refractivity contribution >= 4 is 35.1 Å². The summed E-state index contributed by atoms with van der Waals surface area (Å²) in [6, 6.07) is 13.3. The lowest BCUT2D eigenvalue weighted by atomic mass is 10.3. The third-order valence-electron chi connectivity index (χ3n) is 4.19. The van der Waals surface area contributed by atoms with Gasteiger partial charge in [0.2, 0.25) is 11.1 Å². The molecule has 1 fully saturated rings. The van der Waals surface area contributed by atoms with E-state index in [0.29, 0.717) is 21.9 Å². The smallest absolute Gasteiger partial charge is 0.238 e. The second-order valence-corrected chi connectivity index (χ2v) is 8.13. The van der Waals surface area contributed by atoms with Crippen molar-refractivity contribution in [1.82, 2.24) is 19.7 Å². The highest BCUT2D eigenvalue weighted by atomic mass is 35.5. The highest BCUT2D eigenvalue weighted by Gasteiger charge is 2.31. The molecular weight excluding hydrogens is 382 g/mol. The molecule has 8 heteroatoms. The molecule has 0 radical (unpaired) electrons. The lowest BCUT2D eigenvalue weighted by molar-refractivity contribution is -0.115. The van der Waals surface area contributed by atoms with Crippen molar-refractivity contribution in [2.24, 2.45) is 0 Å². The summed E-state index contributed by atoms with van der Waals surface area (Å²) in [5, 5.41) is 8.19. The summed E-state index contributed by atoms with van der Waals surface area (Å²) in [6.07, 6.45) is 3.77. The van der Waals surface area contributed by atoms with Crippen molar-refractivity contribution in [3.05, 3.63) is 59.5 Å². The quantitative estimate of drug-likeness (QED) is 0.625. The van der Waals surface area contributed by atoms with Crippen LogP contribution >= 0.6 is 23.4 Å². The molecule has 0 bridgehead atoms. The van der Waals surface area contributed by atoms with Gasteiger partial charge in [-0.05, 0) is 44.0 Å². The van der Waals surface area contributed by atoms with Crippen LogP contribution in [0.25, 0.3) is 5.69 Å². The van der Waals surface area contributed by atoms with Crippen LogP contribution in [-0.2, 0) is 4.79 Å². The van der Waals surface area contributed by atoms with Crippen LogP contribution in [0.15, 0.2) is 53.8 Å². The van der Waals surface area contributed by atoms with Crippen molar-refractivity contribution in [2.45, 2.75) is 36.1 Å². The predicted molar refractivity (Wildman–Crippen MR) is 107 cm³/mol. The summed E-state index contributed by atoms with van der Waals surface area (Å²) in [7, 11) is 0. The van der Waals surface area contributed by atoms with E-state index in [4.69, 9.17) is 16.6 Å². The van der Waals surface area contributed by atoms with E-state index >= 15 is 0 Å². The number of rotatable bonds is 6. The van der Waals surface area contributed by atoms with Crippen LogP contribution in [0.3, 0.4) is 0 Å². The maximum Gasteiger partial charge on any atom is 0.238 e. The second-order valence-electron chi connectivity index (χ2n) is 6.39. The average Bonchev–Trinajstić information content (AvgIpc) is 3.44. The molecule has 1 aliphatic carbocycles. The monoisotopic (exact) mass is 399 g/mol. The molecule has 0 spiro atoms. The predicted octanol–water partition coefficient (Wildman–Crippen LogP) is 4.31. The number of nitrogens with one attached hydrogen (secondary N) is 1. The van der Waals surface area contributed by atoms with Crippen molar-refractivity contribution in [2.75, 3.05) is 5.32 Å². The minimum absolute atomic E-state index is 0.154. The summed E-state index contributed by atoms with van der Waals surface area (Å²) >= 11 is 7.16. The molecule has 1 atom stereocenters. The maximum atomic E-state index is 12.4. The normalized spacial score (nSPS) is 14.7. The number of carbonyl (C=O) groups is 1. The molecule has 4 rings (SSSR count). The molecule has 2 aromatic heterocycles. The molecule has 0 unspecified atom stereocenters. The van der Waals surface area contributed by atoms with E-state index in [1.807, 2.05) is 41.9 Å². The lowest BCUT2D eigenvalue weighted by Gasteiger charge is -2.09. The van der Waals surface area contributed by atoms with Gasteiger partial charge in [0.05, 0.1) is 16.0 Å². The van der Waals surface area contributed by atoms with Crippen molar-refractivity contribution in [3.63, 3.8) is 0 Å². The van der Waals surface area contributed by atoms with Crippen molar-refractivity contribution in [1.29, 1.82) is 0 Å². The van der Waals surface area contributed by atoms with Gasteiger partial charge in [-0.2, -0.15) is 0 Å². The molecular formula is C19H18ClN5OS. The topological polar surface area (TPSA) is 72.7 Å². The molecule has 1 amide bonds. The molecule has 138 valence electrons. The number of hydrogen-bond acceptors (Lipinski definition) is 5. The Balaban J connectivity index is 1.48. The number of aromatic nitrogens is 4. The highest BCUT2D eigenvalue weighted by molar-refractivity contribution is 8.00. The Kier molecular flexibility index (Phi) is 5.13. The number of nitrogens with zero attached hydrogens (tertiary/aromatic N) is 4. The van der Waals surface area contributed by atoms with Crippen LogP contribution in [0.1, 0.15) is 31.5 Å². The summed E-state index contributed by atoms with van der Waals surface area (Å²) < 4.78 is 1.89. The van der Waals surface area contributed by atoms with Gasteiger partial charge in [0.15, 0.2) is 0 Å². The van der Waals surface area contributed by atoms with Gasteiger partial charge in [-0.25, -0.2) is 14.6 Å². The van der Waals surface area contributed by atoms with Crippen LogP contribution in [0.4, 0.5) is 5.82 Å². The third kappa shape index (κ3) is 4.31. The Hall–Kier alpha value is -2.38. The summed E-state index contributed by atoms with van der Waals surface area (Å²) in [5.74, 6) is 1.74. The Morgan fingerprint density at radius 1 is 1.26 bits per heavy atom. The van der Waals surface area contributed by atoms with Crippen LogP contribution in [0, 0.1) is 0 Å². The van der Waals surface area contributed by atoms with E-state index in [2.05, 4.69) is 15.4 Å². The van der Waals surface area contributed by atoms with Gasteiger partial charge >= 0.3 is 0 Å². The first-order chi connectivity index (χ1) is 13.1. The van der Waals surface area contributed by atoms with E-state index < -0.39 is 0 Å². The van der Waals surface area contributed by atoms with Gasteiger partial charge in [-0.1, -0.05) is 41.6 Å². The largest absolute Gasteiger partial charge is 0.310 e. The summed E-state index contributed by atoms with van der Waals surface area (Å²) in [5.41, 5.74) is 0.987. The average molecular weight is 400 g/mol. The number of pyridine rings is 1. The number of hydrogen-bond donors (Lipinski definition) is 1. The lowest BCUT2D eigenvalue weighted by Crippen LogP contribution is -2.23. The van der Waals surface area contributed by atoms with Crippen molar-refractivity contribution < 1.29 is 4.79 Å². The summed E-state index contributed by atoms with van der Waals surface area (Å²) in [4.78, 5) is 21.2. The number of anilines is 1. The molecule has 6 nitrogen and oxygen atoms in total. The molecule has 2 heterocycles. The molecule has 1 aromatic carbocycles. The molecule has 0 aliphatic heterocycles. The van der Waals surface area contributed by atoms with Crippen LogP contribution in [0.2, 0.25) is 5.02 Å². The summed E-state index contributed by atoms with van der Waals surface area (Å²) in [6.45, 7) is 1.83. The Morgan fingerprint density at radius 3 is 2.70 bits per heavy atom. The molecule has 1 saturated carbocycles. The minimum Gasteiger partial charge on any atom is -0.310 e. The van der Waals surface area contributed by atoms with Gasteiger partial charge in [0.25, 0.3) is 0 Å². The molecule has 1 N–H and O–H groups in total. The fraction of sp³-hybridized carbons (Fsp3) is 0.263. The van der Waals surface area contributed by atoms with E-state index in [1.165, 1.54) is 18.0 Å². The van der Waals surface area contributed by atoms with Gasteiger partial charge in [0, 0.05) is 12.1 Å². The standard InChI is InChI=1S/C19H18ClN5OS/c1-12(18(26)22-16-10-9-14(20)11-21-16)27-19-23-17(13-7-8-13)25(24-19)15-5-3-2-4-6-15/h2-6,9-13H,7-8H2,1H3,(H,21,22,26)/t12-/m1/s1. The number of halogens is 1. The zero-order valence-corrected chi connectivity index (χ0v) is 16.2. The highest BCUT2D eigenvalue weighted by Crippen LogP contribution is 2.40. The first-order valence-electron chi connectivity index (χ1n) is 8.71. The first kappa shape index (κ1) is 18.0. The number of carbonyl (C=O) groups excluding carboxylic acids is 1. The van der Waals surface area contributed by atoms with E-state index in [0.717, 1.165) is 24.4 Å². The molecule has 3 aromatic rings. The maximum absolute atomic E-state index is 12.4. The van der Waals surface area contributed by atoms with Gasteiger partial charge in [-0.15, -0.1) is 5.10 Å². The van der Waals surface area contributed by atoms with E-state index in [-0.39, 0.29) is 11.2 Å². The second kappa shape index (κ2) is 7.70. The van der Waals surface area contributed by atoms with Gasteiger partial charge < -0.3 is 5.32 Å². The minimum atomic E-state index is -0.360.